The van der Waals surface area contributed by atoms with E-state index < -0.39 is 0 Å². The van der Waals surface area contributed by atoms with Crippen LogP contribution in [-0.4, -0.2) is 63.8 Å². The van der Waals surface area contributed by atoms with Gasteiger partial charge in [-0.2, -0.15) is 0 Å². The molecule has 1 saturated heterocycles. The van der Waals surface area contributed by atoms with Gasteiger partial charge in [0, 0.05) is 36.2 Å². The molecule has 0 radical (unpaired) electrons. The third-order valence-corrected chi connectivity index (χ3v) is 5.98. The van der Waals surface area contributed by atoms with Gasteiger partial charge in [0.05, 0.1) is 42.0 Å². The van der Waals surface area contributed by atoms with E-state index in [0.717, 1.165) is 71.8 Å². The molecule has 0 bridgehead atoms. The van der Waals surface area contributed by atoms with E-state index in [1.807, 2.05) is 42.5 Å². The standard InChI is InChI=1S/C22H23BrN6O2/c23-16-3-1-2-15(12-16)20-21(24-6-7-28-8-10-31-11-9-28)27-22(30)29(20)17-4-5-18-19(13-17)26-14-25-18/h1-5,12-14,24H,6-11H2,(H,25,26)(H,27,30). The van der Waals surface area contributed by atoms with Crippen molar-refractivity contribution in [1.82, 2.24) is 24.4 Å². The highest BCUT2D eigenvalue weighted by molar-refractivity contribution is 9.10. The van der Waals surface area contributed by atoms with Crippen LogP contribution in [0.3, 0.4) is 0 Å². The van der Waals surface area contributed by atoms with Crippen LogP contribution in [-0.2, 0) is 4.74 Å². The van der Waals surface area contributed by atoms with E-state index in [2.05, 4.69) is 41.1 Å². The van der Waals surface area contributed by atoms with E-state index in [9.17, 15) is 4.79 Å². The van der Waals surface area contributed by atoms with E-state index in [4.69, 9.17) is 4.74 Å². The molecule has 8 nitrogen and oxygen atoms in total. The number of aromatic nitrogens is 4. The minimum absolute atomic E-state index is 0.192. The van der Waals surface area contributed by atoms with Gasteiger partial charge in [-0.15, -0.1) is 0 Å². The first-order valence-corrected chi connectivity index (χ1v) is 11.1. The lowest BCUT2D eigenvalue weighted by molar-refractivity contribution is 0.0398. The number of H-pyrrole nitrogens is 2. The fourth-order valence-electron chi connectivity index (χ4n) is 3.95. The number of nitrogens with zero attached hydrogens (tertiary/aromatic N) is 3. The lowest BCUT2D eigenvalue weighted by atomic mass is 10.1. The lowest BCUT2D eigenvalue weighted by Crippen LogP contribution is -2.39. The number of halogens is 1. The number of ether oxygens (including phenoxy) is 1. The normalized spacial score (nSPS) is 14.9. The smallest absolute Gasteiger partial charge is 0.332 e. The number of nitrogens with one attached hydrogen (secondary N) is 3. The summed E-state index contributed by atoms with van der Waals surface area (Å²) in [6.45, 7) is 5.01. The number of rotatable bonds is 6. The Hall–Kier alpha value is -2.88. The van der Waals surface area contributed by atoms with Crippen LogP contribution in [0.1, 0.15) is 0 Å². The van der Waals surface area contributed by atoms with Crippen molar-refractivity contribution in [2.75, 3.05) is 44.7 Å². The number of anilines is 1. The summed E-state index contributed by atoms with van der Waals surface area (Å²) in [7, 11) is 0. The third-order valence-electron chi connectivity index (χ3n) is 5.49. The second-order valence-corrected chi connectivity index (χ2v) is 8.40. The highest BCUT2D eigenvalue weighted by Crippen LogP contribution is 2.30. The summed E-state index contributed by atoms with van der Waals surface area (Å²) in [6, 6.07) is 13.7. The molecule has 4 aromatic rings. The van der Waals surface area contributed by atoms with Gasteiger partial charge in [-0.05, 0) is 30.3 Å². The van der Waals surface area contributed by atoms with Crippen molar-refractivity contribution in [3.8, 4) is 16.9 Å². The molecule has 0 aliphatic carbocycles. The van der Waals surface area contributed by atoms with E-state index in [1.165, 1.54) is 0 Å². The van der Waals surface area contributed by atoms with Crippen LogP contribution in [0.5, 0.6) is 0 Å². The monoisotopic (exact) mass is 482 g/mol. The SMILES string of the molecule is O=c1[nH]c(NCCN2CCOCC2)c(-c2cccc(Br)c2)n1-c1ccc2nc[nH]c2c1. The van der Waals surface area contributed by atoms with Crippen molar-refractivity contribution in [1.29, 1.82) is 0 Å². The van der Waals surface area contributed by atoms with E-state index in [1.54, 1.807) is 10.9 Å². The van der Waals surface area contributed by atoms with Crippen LogP contribution in [0.4, 0.5) is 5.82 Å². The van der Waals surface area contributed by atoms with Gasteiger partial charge in [0.15, 0.2) is 0 Å². The summed E-state index contributed by atoms with van der Waals surface area (Å²) in [5.74, 6) is 0.709. The molecule has 2 aromatic carbocycles. The molecule has 31 heavy (non-hydrogen) atoms. The van der Waals surface area contributed by atoms with Crippen LogP contribution in [0.25, 0.3) is 28.0 Å². The van der Waals surface area contributed by atoms with Gasteiger partial charge in [0.1, 0.15) is 5.82 Å². The molecule has 0 unspecified atom stereocenters. The van der Waals surface area contributed by atoms with Crippen molar-refractivity contribution in [3.05, 3.63) is 63.7 Å². The maximum absolute atomic E-state index is 13.1. The van der Waals surface area contributed by atoms with Crippen LogP contribution in [0.15, 0.2) is 58.1 Å². The van der Waals surface area contributed by atoms with Crippen molar-refractivity contribution >= 4 is 32.8 Å². The third kappa shape index (κ3) is 4.16. The molecule has 160 valence electrons. The summed E-state index contributed by atoms with van der Waals surface area (Å²) in [5.41, 5.74) is 4.06. The average molecular weight is 483 g/mol. The Morgan fingerprint density at radius 1 is 1.16 bits per heavy atom. The Morgan fingerprint density at radius 2 is 2.03 bits per heavy atom. The molecular weight excluding hydrogens is 460 g/mol. The van der Waals surface area contributed by atoms with Gasteiger partial charge in [-0.1, -0.05) is 28.1 Å². The molecule has 0 spiro atoms. The van der Waals surface area contributed by atoms with Gasteiger partial charge in [0.2, 0.25) is 0 Å². The Kier molecular flexibility index (Phi) is 5.63. The van der Waals surface area contributed by atoms with Crippen molar-refractivity contribution in [2.45, 2.75) is 0 Å². The highest BCUT2D eigenvalue weighted by atomic mass is 79.9. The quantitative estimate of drug-likeness (QED) is 0.392. The first-order valence-electron chi connectivity index (χ1n) is 10.3. The van der Waals surface area contributed by atoms with Crippen LogP contribution in [0, 0.1) is 0 Å². The lowest BCUT2D eigenvalue weighted by Gasteiger charge is -2.26. The molecule has 0 amide bonds. The number of morpholine rings is 1. The van der Waals surface area contributed by atoms with E-state index >= 15 is 0 Å². The molecule has 2 aromatic heterocycles. The maximum atomic E-state index is 13.1. The minimum atomic E-state index is -0.192. The van der Waals surface area contributed by atoms with Gasteiger partial charge < -0.3 is 15.0 Å². The van der Waals surface area contributed by atoms with Crippen LogP contribution < -0.4 is 11.0 Å². The first-order chi connectivity index (χ1) is 15.2. The van der Waals surface area contributed by atoms with Crippen molar-refractivity contribution in [2.24, 2.45) is 0 Å². The molecule has 3 heterocycles. The van der Waals surface area contributed by atoms with E-state index in [0.29, 0.717) is 5.82 Å². The predicted octanol–water partition coefficient (Wildman–Crippen LogP) is 3.22. The fraction of sp³-hybridized carbons (Fsp3) is 0.273. The molecule has 0 saturated carbocycles. The predicted molar refractivity (Wildman–Crippen MR) is 125 cm³/mol. The highest BCUT2D eigenvalue weighted by Gasteiger charge is 2.19. The second kappa shape index (κ2) is 8.70. The summed E-state index contributed by atoms with van der Waals surface area (Å²) < 4.78 is 8.08. The van der Waals surface area contributed by atoms with Gasteiger partial charge in [-0.3, -0.25) is 14.5 Å². The van der Waals surface area contributed by atoms with Crippen LogP contribution in [0.2, 0.25) is 0 Å². The number of hydrogen-bond donors (Lipinski definition) is 3. The van der Waals surface area contributed by atoms with Gasteiger partial charge >= 0.3 is 5.69 Å². The molecule has 3 N–H and O–H groups in total. The van der Waals surface area contributed by atoms with Crippen LogP contribution >= 0.6 is 15.9 Å². The largest absolute Gasteiger partial charge is 0.379 e. The van der Waals surface area contributed by atoms with Gasteiger partial charge in [-0.25, -0.2) is 9.78 Å². The van der Waals surface area contributed by atoms with Gasteiger partial charge in [0.25, 0.3) is 0 Å². The zero-order valence-corrected chi connectivity index (χ0v) is 18.5. The zero-order chi connectivity index (χ0) is 21.2. The Bertz CT molecular complexity index is 1250. The number of hydrogen-bond acceptors (Lipinski definition) is 5. The Labute approximate surface area is 187 Å². The first kappa shape index (κ1) is 20.0. The minimum Gasteiger partial charge on any atom is -0.379 e. The molecule has 1 aliphatic rings. The van der Waals surface area contributed by atoms with E-state index in [-0.39, 0.29) is 5.69 Å². The molecule has 1 aliphatic heterocycles. The summed E-state index contributed by atoms with van der Waals surface area (Å²) in [5, 5.41) is 3.45. The Balaban J connectivity index is 1.53. The molecule has 1 fully saturated rings. The van der Waals surface area contributed by atoms with Crippen molar-refractivity contribution in [3.63, 3.8) is 0 Å². The Morgan fingerprint density at radius 3 is 2.87 bits per heavy atom. The number of imidazole rings is 2. The average Bonchev–Trinajstić information content (AvgIpc) is 3.38. The molecule has 0 atom stereocenters. The number of benzene rings is 2. The second-order valence-electron chi connectivity index (χ2n) is 7.48. The maximum Gasteiger partial charge on any atom is 0.332 e. The molecule has 9 heteroatoms. The summed E-state index contributed by atoms with van der Waals surface area (Å²) in [6.07, 6.45) is 1.65. The summed E-state index contributed by atoms with van der Waals surface area (Å²) >= 11 is 3.55. The zero-order valence-electron chi connectivity index (χ0n) is 16.9. The summed E-state index contributed by atoms with van der Waals surface area (Å²) in [4.78, 5) is 25.8. The fourth-order valence-corrected chi connectivity index (χ4v) is 4.34. The molecular formula is C22H23BrN6O2. The molecule has 5 rings (SSSR count). The topological polar surface area (TPSA) is 91.0 Å². The number of aromatic amines is 2. The number of fused-ring (bicyclic) bond motifs is 1. The van der Waals surface area contributed by atoms with Crippen molar-refractivity contribution < 1.29 is 4.74 Å².